The molecular formula is C30H37N3O. The van der Waals surface area contributed by atoms with E-state index in [0.29, 0.717) is 6.61 Å². The van der Waals surface area contributed by atoms with Crippen molar-refractivity contribution in [3.8, 4) is 17.1 Å². The highest BCUT2D eigenvalue weighted by atomic mass is 16.5. The Hall–Kier alpha value is -3.27. The lowest BCUT2D eigenvalue weighted by molar-refractivity contribution is 0.306. The van der Waals surface area contributed by atoms with E-state index in [-0.39, 0.29) is 0 Å². The number of ether oxygens (including phenoxy) is 1. The second-order valence-electron chi connectivity index (χ2n) is 9.05. The highest BCUT2D eigenvalue weighted by Gasteiger charge is 2.12. The van der Waals surface area contributed by atoms with Gasteiger partial charge in [0.15, 0.2) is 0 Å². The second kappa shape index (κ2) is 12.8. The number of nitrogens with one attached hydrogen (secondary N) is 2. The predicted molar refractivity (Wildman–Crippen MR) is 143 cm³/mol. The number of hydrogen-bond acceptors (Lipinski definition) is 2. The third kappa shape index (κ3) is 7.11. The molecule has 34 heavy (non-hydrogen) atoms. The van der Waals surface area contributed by atoms with Crippen LogP contribution in [0.2, 0.25) is 0 Å². The molecule has 0 fully saturated rings. The SMILES string of the molecule is CCCCCCCCCCC1=N/C(=C\c2[nH]c(-c3ccc[nH]3)cc2OCc2ccccc2)C=C1. The maximum Gasteiger partial charge on any atom is 0.145 e. The summed E-state index contributed by atoms with van der Waals surface area (Å²) < 4.78 is 6.20. The predicted octanol–water partition coefficient (Wildman–Crippen LogP) is 8.47. The molecule has 0 saturated carbocycles. The summed E-state index contributed by atoms with van der Waals surface area (Å²) in [5.41, 5.74) is 6.28. The van der Waals surface area contributed by atoms with E-state index < -0.39 is 0 Å². The highest BCUT2D eigenvalue weighted by molar-refractivity contribution is 5.99. The average Bonchev–Trinajstić information content (AvgIpc) is 3.62. The topological polar surface area (TPSA) is 53.2 Å². The van der Waals surface area contributed by atoms with Crippen LogP contribution >= 0.6 is 0 Å². The number of rotatable bonds is 14. The molecule has 178 valence electrons. The van der Waals surface area contributed by atoms with Crippen LogP contribution in [0.4, 0.5) is 0 Å². The Bertz CT molecular complexity index is 1090. The Morgan fingerprint density at radius 2 is 1.65 bits per heavy atom. The van der Waals surface area contributed by atoms with Crippen molar-refractivity contribution in [3.63, 3.8) is 0 Å². The molecule has 0 atom stereocenters. The number of hydrogen-bond donors (Lipinski definition) is 2. The summed E-state index contributed by atoms with van der Waals surface area (Å²) in [4.78, 5) is 11.6. The van der Waals surface area contributed by atoms with E-state index in [1.54, 1.807) is 0 Å². The van der Waals surface area contributed by atoms with Crippen molar-refractivity contribution in [2.75, 3.05) is 0 Å². The van der Waals surface area contributed by atoms with Crippen LogP contribution in [0.3, 0.4) is 0 Å². The van der Waals surface area contributed by atoms with Gasteiger partial charge >= 0.3 is 0 Å². The third-order valence-corrected chi connectivity index (χ3v) is 6.23. The van der Waals surface area contributed by atoms with E-state index in [2.05, 4.69) is 59.4 Å². The van der Waals surface area contributed by atoms with Gasteiger partial charge in [-0.2, -0.15) is 0 Å². The molecule has 2 aromatic heterocycles. The summed E-state index contributed by atoms with van der Waals surface area (Å²) in [6.07, 6.45) is 20.0. The Morgan fingerprint density at radius 3 is 2.41 bits per heavy atom. The van der Waals surface area contributed by atoms with Gasteiger partial charge in [0.2, 0.25) is 0 Å². The van der Waals surface area contributed by atoms with Crippen molar-refractivity contribution in [1.29, 1.82) is 0 Å². The summed E-state index contributed by atoms with van der Waals surface area (Å²) >= 11 is 0. The first kappa shape index (κ1) is 23.9. The van der Waals surface area contributed by atoms with Crippen LogP contribution in [-0.4, -0.2) is 15.7 Å². The molecule has 0 radical (unpaired) electrons. The fraction of sp³-hybridized carbons (Fsp3) is 0.367. The number of nitrogens with zero attached hydrogens (tertiary/aromatic N) is 1. The largest absolute Gasteiger partial charge is 0.487 e. The molecule has 0 amide bonds. The van der Waals surface area contributed by atoms with Gasteiger partial charge in [-0.05, 0) is 48.8 Å². The molecule has 3 aromatic rings. The van der Waals surface area contributed by atoms with Gasteiger partial charge in [-0.25, -0.2) is 0 Å². The zero-order chi connectivity index (χ0) is 23.4. The molecule has 0 bridgehead atoms. The number of aliphatic imine (C=N–C) groups is 1. The number of allylic oxidation sites excluding steroid dienone is 2. The smallest absolute Gasteiger partial charge is 0.145 e. The van der Waals surface area contributed by atoms with E-state index >= 15 is 0 Å². The number of unbranched alkanes of at least 4 members (excludes halogenated alkanes) is 7. The van der Waals surface area contributed by atoms with Crippen molar-refractivity contribution in [2.24, 2.45) is 4.99 Å². The van der Waals surface area contributed by atoms with Crippen molar-refractivity contribution in [1.82, 2.24) is 9.97 Å². The van der Waals surface area contributed by atoms with Crippen molar-refractivity contribution >= 4 is 11.8 Å². The van der Waals surface area contributed by atoms with Gasteiger partial charge in [-0.15, -0.1) is 0 Å². The molecule has 4 nitrogen and oxygen atoms in total. The Balaban J connectivity index is 1.36. The lowest BCUT2D eigenvalue weighted by Gasteiger charge is -2.05. The lowest BCUT2D eigenvalue weighted by atomic mass is 10.1. The van der Waals surface area contributed by atoms with Crippen LogP contribution in [0.5, 0.6) is 5.75 Å². The lowest BCUT2D eigenvalue weighted by Crippen LogP contribution is -1.95. The van der Waals surface area contributed by atoms with Crippen molar-refractivity contribution < 1.29 is 4.74 Å². The van der Waals surface area contributed by atoms with Gasteiger partial charge in [0.1, 0.15) is 12.4 Å². The van der Waals surface area contributed by atoms with E-state index in [9.17, 15) is 0 Å². The Labute approximate surface area is 203 Å². The van der Waals surface area contributed by atoms with Crippen LogP contribution in [0.15, 0.2) is 77.6 Å². The monoisotopic (exact) mass is 455 g/mol. The van der Waals surface area contributed by atoms with Gasteiger partial charge in [0, 0.05) is 18.0 Å². The summed E-state index contributed by atoms with van der Waals surface area (Å²) in [6, 6.07) is 16.4. The first-order chi connectivity index (χ1) is 16.8. The van der Waals surface area contributed by atoms with Crippen molar-refractivity contribution in [2.45, 2.75) is 71.3 Å². The van der Waals surface area contributed by atoms with Crippen LogP contribution in [0.1, 0.15) is 76.0 Å². The zero-order valence-corrected chi connectivity index (χ0v) is 20.4. The summed E-state index contributed by atoms with van der Waals surface area (Å²) in [6.45, 7) is 2.80. The highest BCUT2D eigenvalue weighted by Crippen LogP contribution is 2.30. The number of benzene rings is 1. The van der Waals surface area contributed by atoms with E-state index in [4.69, 9.17) is 9.73 Å². The minimum absolute atomic E-state index is 0.530. The van der Waals surface area contributed by atoms with Gasteiger partial charge in [0.05, 0.1) is 22.8 Å². The maximum absolute atomic E-state index is 6.20. The molecule has 1 aromatic carbocycles. The molecule has 1 aliphatic rings. The standard InChI is InChI=1S/C30H37N3O/c1-2-3-4-5-6-7-8-12-16-25-18-19-26(32-25)21-29-30(34-23-24-14-10-9-11-15-24)22-28(33-29)27-17-13-20-31-27/h9-11,13-15,17-22,31,33H,2-8,12,16,23H2,1H3/b26-21-. The Kier molecular flexibility index (Phi) is 9.01. The minimum atomic E-state index is 0.530. The second-order valence-corrected chi connectivity index (χ2v) is 9.05. The fourth-order valence-electron chi connectivity index (χ4n) is 4.29. The molecule has 1 aliphatic heterocycles. The van der Waals surface area contributed by atoms with Crippen LogP contribution in [0, 0.1) is 0 Å². The molecule has 0 aliphatic carbocycles. The van der Waals surface area contributed by atoms with Gasteiger partial charge in [0.25, 0.3) is 0 Å². The number of aromatic amines is 2. The van der Waals surface area contributed by atoms with Crippen LogP contribution < -0.4 is 4.74 Å². The van der Waals surface area contributed by atoms with E-state index in [0.717, 1.165) is 40.5 Å². The molecule has 0 saturated heterocycles. The Morgan fingerprint density at radius 1 is 0.853 bits per heavy atom. The summed E-state index contributed by atoms with van der Waals surface area (Å²) in [5.74, 6) is 0.834. The minimum Gasteiger partial charge on any atom is -0.487 e. The molecule has 4 heteroatoms. The van der Waals surface area contributed by atoms with Crippen LogP contribution in [0.25, 0.3) is 17.5 Å². The molecule has 2 N–H and O–H groups in total. The first-order valence-corrected chi connectivity index (χ1v) is 12.8. The first-order valence-electron chi connectivity index (χ1n) is 12.8. The average molecular weight is 456 g/mol. The van der Waals surface area contributed by atoms with Gasteiger partial charge in [-0.1, -0.05) is 82.2 Å². The zero-order valence-electron chi connectivity index (χ0n) is 20.4. The molecule has 3 heterocycles. The summed E-state index contributed by atoms with van der Waals surface area (Å²) in [5, 5.41) is 0. The summed E-state index contributed by atoms with van der Waals surface area (Å²) in [7, 11) is 0. The van der Waals surface area contributed by atoms with Crippen LogP contribution in [-0.2, 0) is 6.61 Å². The molecule has 0 spiro atoms. The third-order valence-electron chi connectivity index (χ3n) is 6.23. The number of H-pyrrole nitrogens is 2. The normalized spacial score (nSPS) is 14.1. The van der Waals surface area contributed by atoms with E-state index in [1.807, 2.05) is 30.5 Å². The van der Waals surface area contributed by atoms with Crippen molar-refractivity contribution in [3.05, 3.63) is 83.8 Å². The number of aromatic nitrogens is 2. The molecular weight excluding hydrogens is 418 g/mol. The van der Waals surface area contributed by atoms with Gasteiger partial charge in [-0.3, -0.25) is 4.99 Å². The van der Waals surface area contributed by atoms with E-state index in [1.165, 1.54) is 57.1 Å². The van der Waals surface area contributed by atoms with Gasteiger partial charge < -0.3 is 14.7 Å². The maximum atomic E-state index is 6.20. The molecule has 0 unspecified atom stereocenters. The quantitative estimate of drug-likeness (QED) is 0.235. The fourth-order valence-corrected chi connectivity index (χ4v) is 4.29. The molecule has 4 rings (SSSR count).